The molecule has 2 aromatic rings. The first-order chi connectivity index (χ1) is 41.0. The third-order valence-electron chi connectivity index (χ3n) is 15.3. The number of aliphatic hydroxyl groups excluding tert-OH is 3. The lowest BCUT2D eigenvalue weighted by atomic mass is 9.93. The number of thioether (sulfide) groups is 1. The summed E-state index contributed by atoms with van der Waals surface area (Å²) in [7, 11) is 1.41. The van der Waals surface area contributed by atoms with Gasteiger partial charge in [0.15, 0.2) is 6.04 Å². The number of urea groups is 1. The summed E-state index contributed by atoms with van der Waals surface area (Å²) in [4.78, 5) is 168. The molecule has 4 aliphatic rings. The lowest BCUT2D eigenvalue weighted by molar-refractivity contribution is -0.144. The summed E-state index contributed by atoms with van der Waals surface area (Å²) in [6.07, 6.45) is 0.638. The molecule has 0 radical (unpaired) electrons. The molecule has 13 amide bonds. The van der Waals surface area contributed by atoms with Gasteiger partial charge in [0.25, 0.3) is 11.8 Å². The van der Waals surface area contributed by atoms with Gasteiger partial charge in [-0.05, 0) is 30.9 Å². The van der Waals surface area contributed by atoms with Gasteiger partial charge in [0.2, 0.25) is 58.2 Å². The number of imide groups is 1. The molecule has 1 aromatic heterocycles. The zero-order valence-electron chi connectivity index (χ0n) is 48.2. The van der Waals surface area contributed by atoms with Gasteiger partial charge >= 0.3 is 6.03 Å². The molecule has 472 valence electrons. The highest BCUT2D eigenvalue weighted by atomic mass is 32.2. The number of methoxy groups -OCH3 is 1. The van der Waals surface area contributed by atoms with Gasteiger partial charge in [0, 0.05) is 96.3 Å². The number of nitrogens with one attached hydrogen (secondary N) is 10. The molecule has 15 N–H and O–H groups in total. The Hall–Kier alpha value is -7.52. The van der Waals surface area contributed by atoms with Crippen LogP contribution in [0.4, 0.5) is 4.79 Å². The summed E-state index contributed by atoms with van der Waals surface area (Å²) >= 11 is -1.10. The number of amides is 13. The lowest BCUT2D eigenvalue weighted by Crippen LogP contribution is -2.62. The van der Waals surface area contributed by atoms with Crippen LogP contribution in [-0.4, -0.2) is 219 Å². The molecule has 86 heavy (non-hydrogen) atoms. The number of rotatable bonds is 20. The van der Waals surface area contributed by atoms with Gasteiger partial charge in [0.05, 0.1) is 51.0 Å². The Morgan fingerprint density at radius 1 is 0.837 bits per heavy atom. The second-order valence-corrected chi connectivity index (χ2v) is 23.9. The highest BCUT2D eigenvalue weighted by Gasteiger charge is 2.45. The topological polar surface area (TPSA) is 454 Å². The second kappa shape index (κ2) is 31.7. The average molecular weight is 1240 g/mol. The van der Waals surface area contributed by atoms with E-state index in [-0.39, 0.29) is 34.7 Å². The van der Waals surface area contributed by atoms with Gasteiger partial charge in [-0.1, -0.05) is 40.0 Å². The third kappa shape index (κ3) is 17.8. The molecule has 11 atom stereocenters. The molecule has 1 aromatic carbocycles. The minimum atomic E-state index is -2.46. The number of H-pyrrole nitrogens is 1. The van der Waals surface area contributed by atoms with Gasteiger partial charge in [-0.25, -0.2) is 4.79 Å². The number of nitrogens with two attached hydrogens (primary N) is 1. The molecule has 0 saturated carbocycles. The van der Waals surface area contributed by atoms with Gasteiger partial charge in [0.1, 0.15) is 41.7 Å². The van der Waals surface area contributed by atoms with Gasteiger partial charge in [-0.3, -0.25) is 57.6 Å². The summed E-state index contributed by atoms with van der Waals surface area (Å²) < 4.78 is 21.1. The van der Waals surface area contributed by atoms with E-state index in [4.69, 9.17) is 10.5 Å². The fraction of sp³-hybridized carbons (Fsp3) is 0.593. The number of carbonyl (C=O) groups is 12. The Morgan fingerprint density at radius 3 is 2.19 bits per heavy atom. The average Bonchev–Trinajstić information content (AvgIpc) is 1.72. The van der Waals surface area contributed by atoms with E-state index >= 15 is 4.55 Å². The number of hydrogen-bond donors (Lipinski definition) is 14. The maximum Gasteiger partial charge on any atom is 0.314 e. The van der Waals surface area contributed by atoms with Crippen LogP contribution in [0.25, 0.3) is 10.9 Å². The van der Waals surface area contributed by atoms with Crippen molar-refractivity contribution in [3.63, 3.8) is 0 Å². The molecule has 4 aliphatic heterocycles. The highest BCUT2D eigenvalue weighted by Crippen LogP contribution is 2.37. The van der Waals surface area contributed by atoms with Crippen molar-refractivity contribution in [3.8, 4) is 5.75 Å². The van der Waals surface area contributed by atoms with Crippen molar-refractivity contribution in [2.45, 2.75) is 131 Å². The predicted octanol–water partition coefficient (Wildman–Crippen LogP) is -4.60. The number of carbonyl (C=O) groups excluding carboxylic acids is 12. The Bertz CT molecular complexity index is 2890. The molecule has 6 rings (SSSR count). The molecule has 5 heterocycles. The molecular weight excluding hydrogens is 1170 g/mol. The van der Waals surface area contributed by atoms with Crippen LogP contribution < -0.4 is 58.3 Å². The van der Waals surface area contributed by atoms with Crippen molar-refractivity contribution in [1.29, 1.82) is 0 Å². The van der Waals surface area contributed by atoms with E-state index in [1.807, 2.05) is 0 Å². The van der Waals surface area contributed by atoms with Gasteiger partial charge in [-0.2, -0.15) is 11.8 Å². The standard InChI is InChI=1S/C54H77N13O17S2/c1-5-27(2)44-50(79)59-21-40(72)60-35-26-86(83)52-31(30-10-11-38(84-4)32(46(30)65-52)25-85-17-15-57-54(82)56-14-8-6-7-9-16-66-42(74)12-13-43(66)75)19-33(47(76)58-22-41(73)63-44)61-51(80)45(28(3)37(70)24-68)64-49(78)36-18-29(69)23-67(36)53(81)34(20-39(55)71)62-48(35)77/h10-13,27-29,33-37,44-45,65,68-70H,5-9,14-26H2,1-4H3,(H2,55,71)(H,58,76)(H,59,79)(H,60,72)(H,61,80)(H,62,77)(H,63,73)(H,64,78)(H2,56,57,82)/t27-,28-,29+,33-,34-,35-,36+,37-,44+,45-,86?/m0/s1. The number of benzene rings is 1. The smallest absolute Gasteiger partial charge is 0.314 e. The summed E-state index contributed by atoms with van der Waals surface area (Å²) in [5.74, 6) is -11.9. The monoisotopic (exact) mass is 1240 g/mol. The van der Waals surface area contributed by atoms with Crippen LogP contribution in [0.1, 0.15) is 76.8 Å². The number of primary amides is 1. The SMILES string of the molecule is CC[C@H](C)[C@H]1NC(=O)CNC(=O)[C@@H]2Cc3c([nH]c4c(CSCCNC(=O)NCCCCCCN5C(=O)C=CC5=O)c(OC)ccc34)[S+]([O-])C[C@H](NC(=O)CNC1=O)C(=O)N[C@@H](CC(N)=O)C(=O)N1C[C@H](O)C[C@@H]1C(=O)N[C@@H]([C@@H](C)[C@@H](O)CO)C(=O)N2. The summed E-state index contributed by atoms with van der Waals surface area (Å²) in [6.45, 7) is 2.54. The van der Waals surface area contributed by atoms with Crippen molar-refractivity contribution in [2.24, 2.45) is 17.6 Å². The van der Waals surface area contributed by atoms with E-state index < -0.39 is 182 Å². The first-order valence-electron chi connectivity index (χ1n) is 28.3. The first kappa shape index (κ1) is 67.6. The van der Waals surface area contributed by atoms with E-state index in [0.29, 0.717) is 60.3 Å². The fourth-order valence-corrected chi connectivity index (χ4v) is 12.5. The molecule has 30 nitrogen and oxygen atoms in total. The molecule has 1 fully saturated rings. The van der Waals surface area contributed by atoms with Crippen molar-refractivity contribution < 1.29 is 82.1 Å². The van der Waals surface area contributed by atoms with Crippen molar-refractivity contribution in [2.75, 3.05) is 64.5 Å². The normalized spacial score (nSPS) is 24.9. The molecule has 1 saturated heterocycles. The summed E-state index contributed by atoms with van der Waals surface area (Å²) in [5, 5.41) is 55.0. The minimum absolute atomic E-state index is 0.0859. The molecule has 1 unspecified atom stereocenters. The van der Waals surface area contributed by atoms with Crippen LogP contribution in [0.15, 0.2) is 29.3 Å². The number of aliphatic hydroxyl groups is 3. The maximum absolute atomic E-state index is 15.3. The zero-order chi connectivity index (χ0) is 62.9. The third-order valence-corrected chi connectivity index (χ3v) is 17.7. The van der Waals surface area contributed by atoms with E-state index in [2.05, 4.69) is 52.8 Å². The lowest BCUT2D eigenvalue weighted by Gasteiger charge is -2.32. The fourth-order valence-electron chi connectivity index (χ4n) is 10.2. The second-order valence-electron chi connectivity index (χ2n) is 21.4. The van der Waals surface area contributed by atoms with E-state index in [1.54, 1.807) is 26.0 Å². The van der Waals surface area contributed by atoms with Crippen molar-refractivity contribution >= 4 is 105 Å². The molecule has 0 aliphatic carbocycles. The molecule has 0 spiro atoms. The first-order valence-corrected chi connectivity index (χ1v) is 30.8. The maximum atomic E-state index is 15.3. The number of nitrogens with zero attached hydrogens (tertiary/aromatic N) is 2. The number of aromatic amines is 1. The Morgan fingerprint density at radius 2 is 1.51 bits per heavy atom. The predicted molar refractivity (Wildman–Crippen MR) is 309 cm³/mol. The number of unbranched alkanes of at least 4 members (excludes halogenated alkanes) is 3. The van der Waals surface area contributed by atoms with E-state index in [1.165, 1.54) is 42.8 Å². The molecule has 32 heteroatoms. The number of ether oxygens (including phenoxy) is 1. The zero-order valence-corrected chi connectivity index (χ0v) is 49.8. The van der Waals surface area contributed by atoms with Crippen molar-refractivity contribution in [3.05, 3.63) is 35.4 Å². The minimum Gasteiger partial charge on any atom is -0.610 e. The van der Waals surface area contributed by atoms with Crippen molar-refractivity contribution in [1.82, 2.24) is 62.6 Å². The number of aromatic nitrogens is 1. The van der Waals surface area contributed by atoms with Crippen LogP contribution in [0.5, 0.6) is 5.75 Å². The molecular formula is C54H77N13O17S2. The Kier molecular flexibility index (Phi) is 25.0. The van der Waals surface area contributed by atoms with Crippen LogP contribution in [0, 0.1) is 11.8 Å². The highest BCUT2D eigenvalue weighted by molar-refractivity contribution is 7.98. The largest absolute Gasteiger partial charge is 0.610 e. The Labute approximate surface area is 502 Å². The quantitative estimate of drug-likeness (QED) is 0.0337. The summed E-state index contributed by atoms with van der Waals surface area (Å²) in [5.41, 5.74) is 6.44. The van der Waals surface area contributed by atoms with Gasteiger partial charge in [-0.15, -0.1) is 0 Å². The van der Waals surface area contributed by atoms with Gasteiger partial charge < -0.3 is 88.1 Å². The molecule has 2 bridgehead atoms. The van der Waals surface area contributed by atoms with Crippen LogP contribution >= 0.6 is 11.8 Å². The summed E-state index contributed by atoms with van der Waals surface area (Å²) in [6, 6.07) is -7.47. The van der Waals surface area contributed by atoms with E-state index in [0.717, 1.165) is 17.7 Å². The van der Waals surface area contributed by atoms with Crippen LogP contribution in [0.2, 0.25) is 0 Å². The number of hydrogen-bond acceptors (Lipinski definition) is 18. The Balaban J connectivity index is 1.38. The van der Waals surface area contributed by atoms with Crippen LogP contribution in [-0.2, 0) is 76.1 Å². The van der Waals surface area contributed by atoms with Crippen LogP contribution in [0.3, 0.4) is 0 Å². The van der Waals surface area contributed by atoms with E-state index in [9.17, 15) is 72.9 Å². The number of fused-ring (bicyclic) bond motifs is 5.